The zero-order valence-corrected chi connectivity index (χ0v) is 7.89. The smallest absolute Gasteiger partial charge is 0.210 e. The average molecular weight is 268 g/mol. The lowest BCUT2D eigenvalue weighted by molar-refractivity contribution is 0.149. The molecule has 3 heteroatoms. The van der Waals surface area contributed by atoms with Crippen LogP contribution in [-0.2, 0) is 6.42 Å². The van der Waals surface area contributed by atoms with Crippen LogP contribution in [0.15, 0.2) is 24.3 Å². The van der Waals surface area contributed by atoms with Crippen molar-refractivity contribution in [3.63, 3.8) is 0 Å². The highest BCUT2D eigenvalue weighted by Crippen LogP contribution is 2.10. The highest BCUT2D eigenvalue weighted by molar-refractivity contribution is 14.1. The first-order chi connectivity index (χ1) is 5.18. The zero-order chi connectivity index (χ0) is 8.27. The maximum atomic E-state index is 11.8. The molecular weight excluding hydrogens is 261 g/mol. The van der Waals surface area contributed by atoms with E-state index in [4.69, 9.17) is 0 Å². The van der Waals surface area contributed by atoms with Crippen molar-refractivity contribution in [3.05, 3.63) is 33.4 Å². The third-order valence-electron chi connectivity index (χ3n) is 1.30. The van der Waals surface area contributed by atoms with Gasteiger partial charge in [0.1, 0.15) is 0 Å². The minimum absolute atomic E-state index is 0.142. The molecule has 1 aromatic carbocycles. The molecule has 0 radical (unpaired) electrons. The lowest BCUT2D eigenvalue weighted by atomic mass is 10.2. The summed E-state index contributed by atoms with van der Waals surface area (Å²) < 4.78 is 24.7. The number of benzene rings is 1. The molecule has 0 heterocycles. The molecule has 0 aliphatic carbocycles. The van der Waals surface area contributed by atoms with Crippen LogP contribution in [0.2, 0.25) is 0 Å². The van der Waals surface area contributed by atoms with Crippen molar-refractivity contribution in [2.24, 2.45) is 0 Å². The van der Waals surface area contributed by atoms with Gasteiger partial charge < -0.3 is 0 Å². The van der Waals surface area contributed by atoms with Gasteiger partial charge in [-0.15, -0.1) is 0 Å². The van der Waals surface area contributed by atoms with Crippen molar-refractivity contribution in [1.82, 2.24) is 0 Å². The van der Waals surface area contributed by atoms with Crippen molar-refractivity contribution in [2.75, 3.05) is 0 Å². The number of halogens is 3. The van der Waals surface area contributed by atoms with Crippen LogP contribution >= 0.6 is 22.6 Å². The van der Waals surface area contributed by atoms with Crippen molar-refractivity contribution < 1.29 is 8.78 Å². The van der Waals surface area contributed by atoms with Gasteiger partial charge in [-0.25, -0.2) is 8.78 Å². The molecule has 0 nitrogen and oxygen atoms in total. The predicted molar refractivity (Wildman–Crippen MR) is 48.9 cm³/mol. The molecule has 0 saturated heterocycles. The molecule has 0 spiro atoms. The van der Waals surface area contributed by atoms with E-state index in [0.29, 0.717) is 5.56 Å². The second-order valence-corrected chi connectivity index (χ2v) is 3.47. The van der Waals surface area contributed by atoms with E-state index >= 15 is 0 Å². The van der Waals surface area contributed by atoms with Crippen molar-refractivity contribution in [3.8, 4) is 0 Å². The van der Waals surface area contributed by atoms with E-state index in [1.165, 1.54) is 0 Å². The Hall–Kier alpha value is -0.190. The van der Waals surface area contributed by atoms with Gasteiger partial charge in [-0.1, -0.05) is 12.1 Å². The van der Waals surface area contributed by atoms with Gasteiger partial charge in [0.25, 0.3) is 0 Å². The normalized spacial score (nSPS) is 10.5. The number of hydrogen-bond acceptors (Lipinski definition) is 0. The van der Waals surface area contributed by atoms with E-state index < -0.39 is 6.43 Å². The third kappa shape index (κ3) is 3.14. The van der Waals surface area contributed by atoms with E-state index in [1.54, 1.807) is 12.1 Å². The fourth-order valence-corrected chi connectivity index (χ4v) is 1.16. The van der Waals surface area contributed by atoms with Crippen molar-refractivity contribution >= 4 is 22.6 Å². The molecule has 0 N–H and O–H groups in total. The largest absolute Gasteiger partial charge is 0.242 e. The van der Waals surface area contributed by atoms with Crippen LogP contribution < -0.4 is 0 Å². The summed E-state index contributed by atoms with van der Waals surface area (Å²) >= 11 is 2.14. The summed E-state index contributed by atoms with van der Waals surface area (Å²) in [5.41, 5.74) is 0.695. The topological polar surface area (TPSA) is 0 Å². The van der Waals surface area contributed by atoms with Crippen LogP contribution in [0.4, 0.5) is 8.78 Å². The molecule has 0 fully saturated rings. The second-order valence-electron chi connectivity index (χ2n) is 2.22. The van der Waals surface area contributed by atoms with Gasteiger partial charge in [0.15, 0.2) is 0 Å². The molecule has 0 amide bonds. The Balaban J connectivity index is 2.66. The summed E-state index contributed by atoms with van der Waals surface area (Å²) in [6.07, 6.45) is -2.38. The summed E-state index contributed by atoms with van der Waals surface area (Å²) in [6.45, 7) is 0. The van der Waals surface area contributed by atoms with Crippen molar-refractivity contribution in [1.29, 1.82) is 0 Å². The summed E-state index contributed by atoms with van der Waals surface area (Å²) in [5, 5.41) is 0. The van der Waals surface area contributed by atoms with Gasteiger partial charge in [0.05, 0.1) is 0 Å². The fraction of sp³-hybridized carbons (Fsp3) is 0.250. The first-order valence-corrected chi connectivity index (χ1v) is 4.29. The summed E-state index contributed by atoms with van der Waals surface area (Å²) in [6, 6.07) is 7.12. The fourth-order valence-electron chi connectivity index (χ4n) is 0.799. The summed E-state index contributed by atoms with van der Waals surface area (Å²) in [4.78, 5) is 0. The van der Waals surface area contributed by atoms with Crippen molar-refractivity contribution in [2.45, 2.75) is 12.8 Å². The van der Waals surface area contributed by atoms with E-state index in [2.05, 4.69) is 22.6 Å². The standard InChI is InChI=1S/C8H7F2I/c9-8(10)5-6-1-3-7(11)4-2-6/h1-4,8H,5H2. The van der Waals surface area contributed by atoms with Crippen LogP contribution in [0.5, 0.6) is 0 Å². The van der Waals surface area contributed by atoms with E-state index in [1.807, 2.05) is 12.1 Å². The van der Waals surface area contributed by atoms with Gasteiger partial charge in [-0.2, -0.15) is 0 Å². The quantitative estimate of drug-likeness (QED) is 0.723. The van der Waals surface area contributed by atoms with Crippen LogP contribution in [0, 0.1) is 3.57 Å². The summed E-state index contributed by atoms with van der Waals surface area (Å²) in [5.74, 6) is 0. The highest BCUT2D eigenvalue weighted by atomic mass is 127. The lowest BCUT2D eigenvalue weighted by Gasteiger charge is -1.98. The zero-order valence-electron chi connectivity index (χ0n) is 5.73. The molecule has 0 unspecified atom stereocenters. The van der Waals surface area contributed by atoms with Gasteiger partial charge in [-0.3, -0.25) is 0 Å². The van der Waals surface area contributed by atoms with Crippen LogP contribution in [0.3, 0.4) is 0 Å². The molecule has 0 aromatic heterocycles. The second kappa shape index (κ2) is 3.99. The monoisotopic (exact) mass is 268 g/mol. The van der Waals surface area contributed by atoms with Crippen LogP contribution in [0.1, 0.15) is 5.56 Å². The molecule has 60 valence electrons. The molecule has 1 rings (SSSR count). The van der Waals surface area contributed by atoms with Gasteiger partial charge in [-0.05, 0) is 40.3 Å². The van der Waals surface area contributed by atoms with Gasteiger partial charge in [0, 0.05) is 9.99 Å². The first kappa shape index (κ1) is 8.90. The Bertz CT molecular complexity index is 218. The Morgan fingerprint density at radius 1 is 1.18 bits per heavy atom. The first-order valence-electron chi connectivity index (χ1n) is 3.21. The van der Waals surface area contributed by atoms with E-state index in [-0.39, 0.29) is 6.42 Å². The Labute approximate surface area is 77.8 Å². The molecule has 1 aromatic rings. The maximum Gasteiger partial charge on any atom is 0.242 e. The molecule has 11 heavy (non-hydrogen) atoms. The van der Waals surface area contributed by atoms with Crippen LogP contribution in [-0.4, -0.2) is 6.43 Å². The SMILES string of the molecule is FC(F)Cc1ccc(I)cc1. The number of alkyl halides is 2. The highest BCUT2D eigenvalue weighted by Gasteiger charge is 2.02. The predicted octanol–water partition coefficient (Wildman–Crippen LogP) is 3.10. The number of hydrogen-bond donors (Lipinski definition) is 0. The average Bonchev–Trinajstić information content (AvgIpc) is 1.93. The van der Waals surface area contributed by atoms with E-state index in [9.17, 15) is 8.78 Å². The Kier molecular flexibility index (Phi) is 3.23. The molecule has 0 bridgehead atoms. The third-order valence-corrected chi connectivity index (χ3v) is 2.02. The molecule has 0 aliphatic rings. The van der Waals surface area contributed by atoms with E-state index in [0.717, 1.165) is 3.57 Å². The van der Waals surface area contributed by atoms with Gasteiger partial charge in [0.2, 0.25) is 6.43 Å². The van der Waals surface area contributed by atoms with Gasteiger partial charge >= 0.3 is 0 Å². The molecular formula is C8H7F2I. The van der Waals surface area contributed by atoms with Crippen LogP contribution in [0.25, 0.3) is 0 Å². The Morgan fingerprint density at radius 2 is 1.73 bits per heavy atom. The summed E-state index contributed by atoms with van der Waals surface area (Å²) in [7, 11) is 0. The lowest BCUT2D eigenvalue weighted by Crippen LogP contribution is -1.95. The molecule has 0 saturated carbocycles. The Morgan fingerprint density at radius 3 is 2.18 bits per heavy atom. The molecule has 0 aliphatic heterocycles. The molecule has 0 atom stereocenters. The minimum Gasteiger partial charge on any atom is -0.210 e. The number of rotatable bonds is 2. The maximum absolute atomic E-state index is 11.8. The minimum atomic E-state index is -2.24.